The molecule has 1 atom stereocenters. The highest BCUT2D eigenvalue weighted by Crippen LogP contribution is 2.20. The number of rotatable bonds is 5. The third-order valence-electron chi connectivity index (χ3n) is 4.61. The van der Waals surface area contributed by atoms with Crippen molar-refractivity contribution in [3.8, 4) is 0 Å². The van der Waals surface area contributed by atoms with Crippen LogP contribution in [0.15, 0.2) is 57.9 Å². The Bertz CT molecular complexity index is 945. The number of hydrogen-bond donors (Lipinski definition) is 1. The highest BCUT2D eigenvalue weighted by atomic mass is 79.9. The molecule has 1 aliphatic heterocycles. The number of benzene rings is 2. The summed E-state index contributed by atoms with van der Waals surface area (Å²) in [5, 5.41) is 0. The monoisotopic (exact) mass is 469 g/mol. The van der Waals surface area contributed by atoms with Crippen LogP contribution in [0, 0.1) is 5.82 Å². The third-order valence-corrected chi connectivity index (χ3v) is 6.70. The normalized spacial score (nSPS) is 16.1. The lowest BCUT2D eigenvalue weighted by molar-refractivity contribution is -0.132. The number of hydrogen-bond acceptors (Lipinski definition) is 4. The number of halogens is 2. The lowest BCUT2D eigenvalue weighted by Crippen LogP contribution is -2.54. The second-order valence-corrected chi connectivity index (χ2v) is 9.19. The third kappa shape index (κ3) is 4.71. The van der Waals surface area contributed by atoms with E-state index in [1.54, 1.807) is 35.2 Å². The highest BCUT2D eigenvalue weighted by Gasteiger charge is 2.28. The van der Waals surface area contributed by atoms with Crippen molar-refractivity contribution in [3.05, 3.63) is 58.8 Å². The molecule has 0 aromatic heterocycles. The first-order valence-electron chi connectivity index (χ1n) is 8.84. The van der Waals surface area contributed by atoms with E-state index in [4.69, 9.17) is 0 Å². The van der Waals surface area contributed by atoms with Crippen molar-refractivity contribution < 1.29 is 17.6 Å². The Balaban J connectivity index is 1.60. The summed E-state index contributed by atoms with van der Waals surface area (Å²) in [6, 6.07) is 11.8. The van der Waals surface area contributed by atoms with Gasteiger partial charge >= 0.3 is 0 Å². The summed E-state index contributed by atoms with van der Waals surface area (Å²) >= 11 is 3.26. The molecule has 6 nitrogen and oxygen atoms in total. The zero-order valence-corrected chi connectivity index (χ0v) is 17.7. The van der Waals surface area contributed by atoms with E-state index in [0.717, 1.165) is 4.47 Å². The molecule has 2 aromatic rings. The number of nitrogens with one attached hydrogen (secondary N) is 1. The number of anilines is 1. The summed E-state index contributed by atoms with van der Waals surface area (Å²) < 4.78 is 42.1. The molecular weight excluding hydrogens is 449 g/mol. The molecule has 1 heterocycles. The molecule has 1 amide bonds. The first-order chi connectivity index (χ1) is 13.3. The van der Waals surface area contributed by atoms with Crippen LogP contribution in [0.5, 0.6) is 0 Å². The molecule has 9 heteroatoms. The molecule has 1 saturated heterocycles. The average Bonchev–Trinajstić information content (AvgIpc) is 2.68. The van der Waals surface area contributed by atoms with Gasteiger partial charge in [0.1, 0.15) is 5.82 Å². The lowest BCUT2D eigenvalue weighted by Gasteiger charge is -2.37. The van der Waals surface area contributed by atoms with Crippen molar-refractivity contribution in [3.63, 3.8) is 0 Å². The molecule has 0 bridgehead atoms. The van der Waals surface area contributed by atoms with Crippen molar-refractivity contribution in [2.24, 2.45) is 0 Å². The largest absolute Gasteiger partial charge is 0.366 e. The van der Waals surface area contributed by atoms with E-state index in [1.165, 1.54) is 25.1 Å². The van der Waals surface area contributed by atoms with Crippen LogP contribution in [0.4, 0.5) is 10.1 Å². The maximum absolute atomic E-state index is 13.9. The predicted molar refractivity (Wildman–Crippen MR) is 109 cm³/mol. The van der Waals surface area contributed by atoms with E-state index in [9.17, 15) is 17.6 Å². The Morgan fingerprint density at radius 3 is 2.29 bits per heavy atom. The smallest absolute Gasteiger partial charge is 0.241 e. The summed E-state index contributed by atoms with van der Waals surface area (Å²) in [6.45, 7) is 3.30. The molecule has 0 saturated carbocycles. The number of sulfonamides is 1. The van der Waals surface area contributed by atoms with Crippen LogP contribution < -0.4 is 9.62 Å². The zero-order valence-electron chi connectivity index (χ0n) is 15.3. The Kier molecular flexibility index (Phi) is 6.36. The molecule has 1 fully saturated rings. The van der Waals surface area contributed by atoms with Crippen LogP contribution in [-0.4, -0.2) is 51.4 Å². The molecular formula is C19H21BrFN3O3S. The van der Waals surface area contributed by atoms with E-state index in [0.29, 0.717) is 31.9 Å². The van der Waals surface area contributed by atoms with Gasteiger partial charge < -0.3 is 9.80 Å². The van der Waals surface area contributed by atoms with Gasteiger partial charge in [0.25, 0.3) is 0 Å². The van der Waals surface area contributed by atoms with Crippen molar-refractivity contribution in [2.45, 2.75) is 17.9 Å². The van der Waals surface area contributed by atoms with Gasteiger partial charge in [0.05, 0.1) is 16.6 Å². The van der Waals surface area contributed by atoms with Crippen LogP contribution >= 0.6 is 15.9 Å². The zero-order chi connectivity index (χ0) is 20.3. The summed E-state index contributed by atoms with van der Waals surface area (Å²) in [7, 11) is -3.80. The number of nitrogens with zero attached hydrogens (tertiary/aromatic N) is 2. The van der Waals surface area contributed by atoms with Gasteiger partial charge in [0.15, 0.2) is 0 Å². The maximum Gasteiger partial charge on any atom is 0.241 e. The molecule has 2 aromatic carbocycles. The van der Waals surface area contributed by atoms with Crippen LogP contribution in [0.1, 0.15) is 6.92 Å². The standard InChI is InChI=1S/C19H21BrFN3O3S/c1-14(22-28(26,27)16-8-6-15(20)7-9-16)19(25)24-12-10-23(11-13-24)18-5-3-2-4-17(18)21/h2-9,14,22H,10-13H2,1H3/t14-/m1/s1. The molecule has 0 unspecified atom stereocenters. The van der Waals surface area contributed by atoms with Gasteiger partial charge in [-0.1, -0.05) is 28.1 Å². The van der Waals surface area contributed by atoms with Crippen LogP contribution in [0.3, 0.4) is 0 Å². The van der Waals surface area contributed by atoms with E-state index >= 15 is 0 Å². The van der Waals surface area contributed by atoms with Crippen molar-refractivity contribution in [2.75, 3.05) is 31.1 Å². The average molecular weight is 470 g/mol. The highest BCUT2D eigenvalue weighted by molar-refractivity contribution is 9.10. The fraction of sp³-hybridized carbons (Fsp3) is 0.316. The topological polar surface area (TPSA) is 69.7 Å². The van der Waals surface area contributed by atoms with Crippen LogP contribution in [-0.2, 0) is 14.8 Å². The summed E-state index contributed by atoms with van der Waals surface area (Å²) in [6.07, 6.45) is 0. The van der Waals surface area contributed by atoms with E-state index in [2.05, 4.69) is 20.7 Å². The summed E-state index contributed by atoms with van der Waals surface area (Å²) in [5.41, 5.74) is 0.513. The molecule has 1 N–H and O–H groups in total. The minimum atomic E-state index is -3.80. The van der Waals surface area contributed by atoms with Gasteiger partial charge in [-0.25, -0.2) is 12.8 Å². The van der Waals surface area contributed by atoms with Gasteiger partial charge in [-0.3, -0.25) is 4.79 Å². The molecule has 0 radical (unpaired) electrons. The molecule has 0 spiro atoms. The fourth-order valence-corrected chi connectivity index (χ4v) is 4.58. The SMILES string of the molecule is C[C@@H](NS(=O)(=O)c1ccc(Br)cc1)C(=O)N1CCN(c2ccccc2F)CC1. The van der Waals surface area contributed by atoms with Gasteiger partial charge in [0, 0.05) is 30.7 Å². The molecule has 0 aliphatic carbocycles. The van der Waals surface area contributed by atoms with E-state index in [-0.39, 0.29) is 16.6 Å². The van der Waals surface area contributed by atoms with Crippen LogP contribution in [0.2, 0.25) is 0 Å². The second kappa shape index (κ2) is 8.59. The fourth-order valence-electron chi connectivity index (χ4n) is 3.11. The number of piperazine rings is 1. The number of carbonyl (C=O) groups excluding carboxylic acids is 1. The van der Waals surface area contributed by atoms with Gasteiger partial charge in [-0.2, -0.15) is 4.72 Å². The van der Waals surface area contributed by atoms with Crippen molar-refractivity contribution in [1.29, 1.82) is 0 Å². The molecule has 28 heavy (non-hydrogen) atoms. The predicted octanol–water partition coefficient (Wildman–Crippen LogP) is 2.60. The Labute approximate surface area is 172 Å². The van der Waals surface area contributed by atoms with Gasteiger partial charge in [0.2, 0.25) is 15.9 Å². The summed E-state index contributed by atoms with van der Waals surface area (Å²) in [4.78, 5) is 16.3. The Morgan fingerprint density at radius 2 is 1.68 bits per heavy atom. The molecule has 150 valence electrons. The number of para-hydroxylation sites is 1. The lowest BCUT2D eigenvalue weighted by atomic mass is 10.2. The quantitative estimate of drug-likeness (QED) is 0.730. The Hall–Kier alpha value is -1.97. The minimum Gasteiger partial charge on any atom is -0.366 e. The molecule has 1 aliphatic rings. The number of amides is 1. The van der Waals surface area contributed by atoms with E-state index < -0.39 is 16.1 Å². The van der Waals surface area contributed by atoms with E-state index in [1.807, 2.05) is 4.90 Å². The van der Waals surface area contributed by atoms with Crippen molar-refractivity contribution >= 4 is 37.5 Å². The first kappa shape index (κ1) is 20.8. The number of carbonyl (C=O) groups is 1. The minimum absolute atomic E-state index is 0.0970. The van der Waals surface area contributed by atoms with Crippen LogP contribution in [0.25, 0.3) is 0 Å². The van der Waals surface area contributed by atoms with Crippen molar-refractivity contribution in [1.82, 2.24) is 9.62 Å². The maximum atomic E-state index is 13.9. The summed E-state index contributed by atoms with van der Waals surface area (Å²) in [5.74, 6) is -0.591. The van der Waals surface area contributed by atoms with Gasteiger partial charge in [-0.05, 0) is 43.3 Å². The second-order valence-electron chi connectivity index (χ2n) is 6.56. The Morgan fingerprint density at radius 1 is 1.07 bits per heavy atom. The first-order valence-corrected chi connectivity index (χ1v) is 11.1. The van der Waals surface area contributed by atoms with Gasteiger partial charge in [-0.15, -0.1) is 0 Å². The molecule has 3 rings (SSSR count).